The minimum Gasteiger partial charge on any atom is -0.341 e. The highest BCUT2D eigenvalue weighted by atomic mass is 15.0. The quantitative estimate of drug-likeness (QED) is 0.760. The Kier molecular flexibility index (Phi) is 2.64. The molecule has 0 aliphatic heterocycles. The predicted molar refractivity (Wildman–Crippen MR) is 72.1 cm³/mol. The third kappa shape index (κ3) is 1.91. The molecule has 0 amide bonds. The van der Waals surface area contributed by atoms with Gasteiger partial charge >= 0.3 is 0 Å². The van der Waals surface area contributed by atoms with Crippen LogP contribution in [0, 0.1) is 0 Å². The van der Waals surface area contributed by atoms with Gasteiger partial charge in [-0.05, 0) is 23.1 Å². The Morgan fingerprint density at radius 3 is 2.89 bits per heavy atom. The molecule has 0 spiro atoms. The summed E-state index contributed by atoms with van der Waals surface area (Å²) in [7, 11) is 1.98. The molecule has 18 heavy (non-hydrogen) atoms. The molecule has 0 atom stereocenters. The minimum absolute atomic E-state index is 0.574. The van der Waals surface area contributed by atoms with E-state index in [1.54, 1.807) is 0 Å². The number of hydrogen-bond donors (Lipinski definition) is 1. The highest BCUT2D eigenvalue weighted by molar-refractivity contribution is 5.80. The second-order valence-electron chi connectivity index (χ2n) is 4.57. The molecular weight excluding hydrogens is 224 g/mol. The molecule has 0 saturated heterocycles. The van der Waals surface area contributed by atoms with Crippen molar-refractivity contribution in [2.75, 3.05) is 0 Å². The zero-order valence-corrected chi connectivity index (χ0v) is 10.4. The third-order valence-corrected chi connectivity index (χ3v) is 3.16. The van der Waals surface area contributed by atoms with Gasteiger partial charge in [-0.3, -0.25) is 0 Å². The molecule has 0 radical (unpaired) electrons. The minimum atomic E-state index is 0.574. The van der Waals surface area contributed by atoms with E-state index in [4.69, 9.17) is 5.73 Å². The lowest BCUT2D eigenvalue weighted by molar-refractivity contribution is 0.811. The van der Waals surface area contributed by atoms with Gasteiger partial charge in [0.15, 0.2) is 0 Å². The van der Waals surface area contributed by atoms with Crippen molar-refractivity contribution in [3.05, 3.63) is 54.2 Å². The average Bonchev–Trinajstić information content (AvgIpc) is 2.96. The van der Waals surface area contributed by atoms with E-state index in [-0.39, 0.29) is 0 Å². The number of benzene rings is 1. The molecule has 2 N–H and O–H groups in total. The van der Waals surface area contributed by atoms with Crippen molar-refractivity contribution in [2.45, 2.75) is 13.1 Å². The van der Waals surface area contributed by atoms with Crippen LogP contribution in [0.5, 0.6) is 0 Å². The summed E-state index contributed by atoms with van der Waals surface area (Å²) in [6.45, 7) is 1.36. The summed E-state index contributed by atoms with van der Waals surface area (Å²) >= 11 is 0. The third-order valence-electron chi connectivity index (χ3n) is 3.16. The number of fused-ring (bicyclic) bond motifs is 1. The van der Waals surface area contributed by atoms with Gasteiger partial charge in [0.25, 0.3) is 0 Å². The van der Waals surface area contributed by atoms with Crippen molar-refractivity contribution < 1.29 is 0 Å². The average molecular weight is 240 g/mol. The molecular formula is C14H16N4. The summed E-state index contributed by atoms with van der Waals surface area (Å²) in [5.41, 5.74) is 9.12. The predicted octanol–water partition coefficient (Wildman–Crippen LogP) is 1.88. The molecule has 0 fully saturated rings. The number of aryl methyl sites for hydroxylation is 1. The molecule has 4 nitrogen and oxygen atoms in total. The van der Waals surface area contributed by atoms with Gasteiger partial charge in [0.2, 0.25) is 0 Å². The maximum absolute atomic E-state index is 5.69. The Balaban J connectivity index is 2.01. The van der Waals surface area contributed by atoms with E-state index < -0.39 is 0 Å². The van der Waals surface area contributed by atoms with E-state index in [9.17, 15) is 0 Å². The summed E-state index contributed by atoms with van der Waals surface area (Å²) in [4.78, 5) is 4.36. The van der Waals surface area contributed by atoms with E-state index in [0.29, 0.717) is 6.54 Å². The van der Waals surface area contributed by atoms with E-state index in [1.165, 1.54) is 10.9 Å². The largest absolute Gasteiger partial charge is 0.341 e. The van der Waals surface area contributed by atoms with Crippen LogP contribution in [0.4, 0.5) is 0 Å². The second kappa shape index (κ2) is 4.31. The molecule has 3 aromatic rings. The van der Waals surface area contributed by atoms with Crippen molar-refractivity contribution in [1.29, 1.82) is 0 Å². The summed E-state index contributed by atoms with van der Waals surface area (Å²) < 4.78 is 4.17. The smallest absolute Gasteiger partial charge is 0.0947 e. The molecule has 3 rings (SSSR count). The molecule has 4 heteroatoms. The Morgan fingerprint density at radius 1 is 1.28 bits per heavy atom. The maximum atomic E-state index is 5.69. The molecule has 0 bridgehead atoms. The van der Waals surface area contributed by atoms with Gasteiger partial charge in [-0.1, -0.05) is 12.1 Å². The van der Waals surface area contributed by atoms with E-state index >= 15 is 0 Å². The lowest BCUT2D eigenvalue weighted by Gasteiger charge is -2.04. The van der Waals surface area contributed by atoms with Crippen LogP contribution in [0.1, 0.15) is 11.3 Å². The van der Waals surface area contributed by atoms with Crippen LogP contribution in [0.15, 0.2) is 43.0 Å². The monoisotopic (exact) mass is 240 g/mol. The summed E-state index contributed by atoms with van der Waals surface area (Å²) in [5.74, 6) is 0. The zero-order chi connectivity index (χ0) is 12.5. The number of rotatable bonds is 3. The molecule has 0 aliphatic rings. The van der Waals surface area contributed by atoms with Crippen LogP contribution in [0.2, 0.25) is 0 Å². The molecule has 92 valence electrons. The van der Waals surface area contributed by atoms with Crippen molar-refractivity contribution in [1.82, 2.24) is 14.1 Å². The van der Waals surface area contributed by atoms with Gasteiger partial charge in [-0.15, -0.1) is 0 Å². The fourth-order valence-corrected chi connectivity index (χ4v) is 2.22. The molecule has 0 saturated carbocycles. The zero-order valence-electron chi connectivity index (χ0n) is 10.4. The van der Waals surface area contributed by atoms with Gasteiger partial charge in [0.1, 0.15) is 0 Å². The van der Waals surface area contributed by atoms with Crippen LogP contribution >= 0.6 is 0 Å². The first-order chi connectivity index (χ1) is 8.76. The Labute approximate surface area is 106 Å². The van der Waals surface area contributed by atoms with Gasteiger partial charge in [0, 0.05) is 31.5 Å². The Morgan fingerprint density at radius 2 is 2.17 bits per heavy atom. The number of aromatic nitrogens is 3. The highest BCUT2D eigenvalue weighted by Gasteiger charge is 2.04. The van der Waals surface area contributed by atoms with Crippen LogP contribution in [0.25, 0.3) is 10.9 Å². The van der Waals surface area contributed by atoms with Crippen molar-refractivity contribution >= 4 is 10.9 Å². The van der Waals surface area contributed by atoms with Crippen LogP contribution in [0.3, 0.4) is 0 Å². The van der Waals surface area contributed by atoms with E-state index in [2.05, 4.69) is 40.0 Å². The number of imidazole rings is 1. The summed E-state index contributed by atoms with van der Waals surface area (Å²) in [6, 6.07) is 8.47. The van der Waals surface area contributed by atoms with Crippen molar-refractivity contribution in [3.8, 4) is 0 Å². The van der Waals surface area contributed by atoms with Crippen LogP contribution in [-0.2, 0) is 20.1 Å². The molecule has 0 aliphatic carbocycles. The lowest BCUT2D eigenvalue weighted by Crippen LogP contribution is -2.00. The molecule has 0 unspecified atom stereocenters. The number of nitrogens with zero attached hydrogens (tertiary/aromatic N) is 3. The van der Waals surface area contributed by atoms with Gasteiger partial charge in [0.05, 0.1) is 18.6 Å². The topological polar surface area (TPSA) is 48.8 Å². The van der Waals surface area contributed by atoms with Gasteiger partial charge in [-0.2, -0.15) is 0 Å². The normalized spacial score (nSPS) is 11.2. The summed E-state index contributed by atoms with van der Waals surface area (Å²) in [5, 5.41) is 1.24. The first-order valence-corrected chi connectivity index (χ1v) is 6.01. The maximum Gasteiger partial charge on any atom is 0.0947 e. The lowest BCUT2D eigenvalue weighted by atomic mass is 10.1. The summed E-state index contributed by atoms with van der Waals surface area (Å²) in [6.07, 6.45) is 5.96. The number of hydrogen-bond acceptors (Lipinski definition) is 2. The standard InChI is InChI=1S/C14H16N4/c1-17-8-13(16-10-17)9-18-5-4-12-3-2-11(7-15)6-14(12)18/h2-6,8,10H,7,9,15H2,1H3. The van der Waals surface area contributed by atoms with E-state index in [0.717, 1.165) is 17.8 Å². The van der Waals surface area contributed by atoms with E-state index in [1.807, 2.05) is 24.1 Å². The fraction of sp³-hybridized carbons (Fsp3) is 0.214. The van der Waals surface area contributed by atoms with Crippen molar-refractivity contribution in [2.24, 2.45) is 12.8 Å². The highest BCUT2D eigenvalue weighted by Crippen LogP contribution is 2.18. The Bertz CT molecular complexity index is 678. The van der Waals surface area contributed by atoms with Crippen LogP contribution in [-0.4, -0.2) is 14.1 Å². The van der Waals surface area contributed by atoms with Gasteiger partial charge < -0.3 is 14.9 Å². The molecule has 2 aromatic heterocycles. The Hall–Kier alpha value is -2.07. The first-order valence-electron chi connectivity index (χ1n) is 6.01. The second-order valence-corrected chi connectivity index (χ2v) is 4.57. The number of nitrogens with two attached hydrogens (primary N) is 1. The van der Waals surface area contributed by atoms with Gasteiger partial charge in [-0.25, -0.2) is 4.98 Å². The fourth-order valence-electron chi connectivity index (χ4n) is 2.22. The van der Waals surface area contributed by atoms with Crippen molar-refractivity contribution in [3.63, 3.8) is 0 Å². The van der Waals surface area contributed by atoms with Crippen LogP contribution < -0.4 is 5.73 Å². The SMILES string of the molecule is Cn1cnc(Cn2ccc3ccc(CN)cc32)c1. The first kappa shape index (κ1) is 11.0. The molecule has 1 aromatic carbocycles. The molecule has 2 heterocycles.